The van der Waals surface area contributed by atoms with E-state index in [1.165, 1.54) is 17.7 Å². The zero-order valence-corrected chi connectivity index (χ0v) is 17.9. The maximum absolute atomic E-state index is 11.5. The summed E-state index contributed by atoms with van der Waals surface area (Å²) in [6.45, 7) is 1.77. The summed E-state index contributed by atoms with van der Waals surface area (Å²) in [5.74, 6) is 0.660. The van der Waals surface area contributed by atoms with Gasteiger partial charge >= 0.3 is 10.3 Å². The Bertz CT molecular complexity index is 1540. The number of hydrogen-bond donors (Lipinski definition) is 4. The van der Waals surface area contributed by atoms with Crippen LogP contribution >= 0.6 is 11.3 Å². The van der Waals surface area contributed by atoms with Gasteiger partial charge in [0, 0.05) is 33.2 Å². The van der Waals surface area contributed by atoms with Gasteiger partial charge in [-0.1, -0.05) is 18.2 Å². The van der Waals surface area contributed by atoms with Gasteiger partial charge in [-0.25, -0.2) is 9.97 Å². The molecule has 5 rings (SSSR count). The predicted molar refractivity (Wildman–Crippen MR) is 124 cm³/mol. The Kier molecular flexibility index (Phi) is 4.62. The maximum Gasteiger partial charge on any atom is 0.357 e. The molecule has 0 fully saturated rings. The van der Waals surface area contributed by atoms with Crippen LogP contribution in [0.5, 0.6) is 0 Å². The van der Waals surface area contributed by atoms with Crippen molar-refractivity contribution in [2.24, 2.45) is 0 Å². The second-order valence-electron chi connectivity index (χ2n) is 7.03. The van der Waals surface area contributed by atoms with Crippen LogP contribution in [0.25, 0.3) is 31.6 Å². The van der Waals surface area contributed by atoms with Gasteiger partial charge in [-0.2, -0.15) is 8.42 Å². The first kappa shape index (κ1) is 19.5. The van der Waals surface area contributed by atoms with Crippen LogP contribution in [-0.4, -0.2) is 27.9 Å². The van der Waals surface area contributed by atoms with Crippen molar-refractivity contribution in [3.05, 3.63) is 66.6 Å². The summed E-state index contributed by atoms with van der Waals surface area (Å²) in [7, 11) is -4.41. The second-order valence-corrected chi connectivity index (χ2v) is 9.23. The minimum Gasteiger partial charge on any atom is -0.361 e. The zero-order chi connectivity index (χ0) is 21.6. The van der Waals surface area contributed by atoms with Crippen LogP contribution in [0.3, 0.4) is 0 Å². The van der Waals surface area contributed by atoms with Gasteiger partial charge in [0.25, 0.3) is 0 Å². The van der Waals surface area contributed by atoms with Gasteiger partial charge in [0.1, 0.15) is 6.33 Å². The minimum atomic E-state index is -4.41. The van der Waals surface area contributed by atoms with Crippen molar-refractivity contribution in [1.82, 2.24) is 15.0 Å². The third-order valence-electron chi connectivity index (χ3n) is 4.90. The summed E-state index contributed by atoms with van der Waals surface area (Å²) in [5, 5.41) is 4.44. The molecule has 0 radical (unpaired) electrons. The van der Waals surface area contributed by atoms with Crippen LogP contribution < -0.4 is 10.0 Å². The number of aromatic amines is 1. The van der Waals surface area contributed by atoms with E-state index in [-0.39, 0.29) is 0 Å². The van der Waals surface area contributed by atoms with Gasteiger partial charge in [-0.05, 0) is 42.8 Å². The first-order valence-corrected chi connectivity index (χ1v) is 11.6. The fraction of sp³-hybridized carbons (Fsp3) is 0.0476. The summed E-state index contributed by atoms with van der Waals surface area (Å²) in [4.78, 5) is 12.7. The molecule has 31 heavy (non-hydrogen) atoms. The Morgan fingerprint density at radius 1 is 1.10 bits per heavy atom. The molecule has 0 aliphatic rings. The fourth-order valence-corrected chi connectivity index (χ4v) is 5.10. The molecule has 0 unspecified atom stereocenters. The molecular formula is C21H17N5O3S2. The average molecular weight is 452 g/mol. The van der Waals surface area contributed by atoms with Crippen LogP contribution in [0.2, 0.25) is 0 Å². The van der Waals surface area contributed by atoms with Crippen LogP contribution in [0.4, 0.5) is 17.2 Å². The highest BCUT2D eigenvalue weighted by molar-refractivity contribution is 7.87. The molecule has 10 heteroatoms. The smallest absolute Gasteiger partial charge is 0.357 e. The molecule has 2 aromatic carbocycles. The lowest BCUT2D eigenvalue weighted by atomic mass is 10.1. The van der Waals surface area contributed by atoms with E-state index in [0.29, 0.717) is 22.6 Å². The van der Waals surface area contributed by atoms with E-state index in [1.54, 1.807) is 19.1 Å². The topological polar surface area (TPSA) is 120 Å². The predicted octanol–water partition coefficient (Wildman–Crippen LogP) is 5.11. The van der Waals surface area contributed by atoms with Crippen molar-refractivity contribution < 1.29 is 13.0 Å². The van der Waals surface area contributed by atoms with Crippen molar-refractivity contribution in [3.63, 3.8) is 0 Å². The van der Waals surface area contributed by atoms with Gasteiger partial charge in [-0.15, -0.1) is 11.3 Å². The number of nitrogens with one attached hydrogen (secondary N) is 3. The largest absolute Gasteiger partial charge is 0.361 e. The molecule has 0 spiro atoms. The molecule has 3 heterocycles. The fourth-order valence-electron chi connectivity index (χ4n) is 3.48. The standard InChI is InChI=1S/C21H17N5O3S2/c1-12-3-2-4-15(19(12)26-31(27,28)29)18-10-17-20(30-18)21(24-11-23-17)25-14-5-6-16-13(9-14)7-8-22-16/h2-11,22,26H,1H3,(H,23,24,25)(H,27,28,29). The number of rotatable bonds is 5. The molecule has 8 nitrogen and oxygen atoms in total. The molecule has 0 saturated heterocycles. The summed E-state index contributed by atoms with van der Waals surface area (Å²) in [5.41, 5.74) is 4.36. The molecule has 5 aromatic rings. The van der Waals surface area contributed by atoms with Crippen molar-refractivity contribution >= 4 is 60.0 Å². The van der Waals surface area contributed by atoms with E-state index >= 15 is 0 Å². The molecule has 156 valence electrons. The van der Waals surface area contributed by atoms with Crippen LogP contribution in [0.15, 0.2) is 61.1 Å². The summed E-state index contributed by atoms with van der Waals surface area (Å²) in [6, 6.07) is 15.3. The second kappa shape index (κ2) is 7.34. The van der Waals surface area contributed by atoms with Gasteiger partial charge in [0.2, 0.25) is 0 Å². The van der Waals surface area contributed by atoms with Gasteiger partial charge in [0.05, 0.1) is 15.9 Å². The van der Waals surface area contributed by atoms with Gasteiger partial charge in [0.15, 0.2) is 5.82 Å². The zero-order valence-electron chi connectivity index (χ0n) is 16.2. The van der Waals surface area contributed by atoms with Crippen molar-refractivity contribution in [2.75, 3.05) is 10.0 Å². The van der Waals surface area contributed by atoms with Gasteiger partial charge < -0.3 is 10.3 Å². The lowest BCUT2D eigenvalue weighted by Gasteiger charge is -2.11. The monoisotopic (exact) mass is 451 g/mol. The van der Waals surface area contributed by atoms with E-state index in [0.717, 1.165) is 31.7 Å². The highest BCUT2D eigenvalue weighted by Gasteiger charge is 2.17. The summed E-state index contributed by atoms with van der Waals surface area (Å²) < 4.78 is 35.3. The Hall–Kier alpha value is -3.47. The third kappa shape index (κ3) is 3.83. The first-order valence-electron chi connectivity index (χ1n) is 9.31. The first-order chi connectivity index (χ1) is 14.9. The number of fused-ring (bicyclic) bond motifs is 2. The van der Waals surface area contributed by atoms with Crippen LogP contribution in [-0.2, 0) is 10.3 Å². The molecular weight excluding hydrogens is 434 g/mol. The number of para-hydroxylation sites is 1. The molecule has 0 aliphatic carbocycles. The van der Waals surface area contributed by atoms with E-state index in [1.807, 2.05) is 42.6 Å². The van der Waals surface area contributed by atoms with E-state index in [4.69, 9.17) is 0 Å². The third-order valence-corrected chi connectivity index (χ3v) is 6.52. The minimum absolute atomic E-state index is 0.330. The Morgan fingerprint density at radius 2 is 1.97 bits per heavy atom. The number of aromatic nitrogens is 3. The number of hydrogen-bond acceptors (Lipinski definition) is 6. The average Bonchev–Trinajstić information content (AvgIpc) is 3.35. The molecule has 0 atom stereocenters. The highest BCUT2D eigenvalue weighted by Crippen LogP contribution is 2.40. The normalized spacial score (nSPS) is 11.8. The number of benzene rings is 2. The van der Waals surface area contributed by atoms with E-state index in [2.05, 4.69) is 25.0 Å². The van der Waals surface area contributed by atoms with Crippen molar-refractivity contribution in [3.8, 4) is 10.4 Å². The summed E-state index contributed by atoms with van der Waals surface area (Å²) in [6.07, 6.45) is 3.38. The Labute approximate surface area is 181 Å². The van der Waals surface area contributed by atoms with Gasteiger partial charge in [-0.3, -0.25) is 9.27 Å². The van der Waals surface area contributed by atoms with Crippen molar-refractivity contribution in [1.29, 1.82) is 0 Å². The molecule has 0 bridgehead atoms. The molecule has 3 aromatic heterocycles. The number of aryl methyl sites for hydroxylation is 1. The molecule has 4 N–H and O–H groups in total. The molecule has 0 amide bonds. The Balaban J connectivity index is 1.58. The van der Waals surface area contributed by atoms with E-state index in [9.17, 15) is 13.0 Å². The van der Waals surface area contributed by atoms with E-state index < -0.39 is 10.3 Å². The van der Waals surface area contributed by atoms with Crippen molar-refractivity contribution in [2.45, 2.75) is 6.92 Å². The lowest BCUT2D eigenvalue weighted by molar-refractivity contribution is 0.489. The maximum atomic E-state index is 11.5. The Morgan fingerprint density at radius 3 is 2.81 bits per heavy atom. The number of anilines is 3. The molecule has 0 aliphatic heterocycles. The number of nitrogens with zero attached hydrogens (tertiary/aromatic N) is 2. The number of thiophene rings is 1. The summed E-state index contributed by atoms with van der Waals surface area (Å²) >= 11 is 1.44. The molecule has 0 saturated carbocycles. The highest BCUT2D eigenvalue weighted by atomic mass is 32.2. The van der Waals surface area contributed by atoms with Crippen LogP contribution in [0.1, 0.15) is 5.56 Å². The van der Waals surface area contributed by atoms with Crippen LogP contribution in [0, 0.1) is 6.92 Å². The SMILES string of the molecule is Cc1cccc(-c2cc3ncnc(Nc4ccc5[nH]ccc5c4)c3s2)c1NS(=O)(=O)O. The lowest BCUT2D eigenvalue weighted by Crippen LogP contribution is -2.12. The quantitative estimate of drug-likeness (QED) is 0.276. The number of H-pyrrole nitrogens is 1.